The summed E-state index contributed by atoms with van der Waals surface area (Å²) >= 11 is 0. The highest BCUT2D eigenvalue weighted by atomic mass is 32.2. The Kier molecular flexibility index (Phi) is 3.99. The topological polar surface area (TPSA) is 56.3 Å². The van der Waals surface area contributed by atoms with Crippen molar-refractivity contribution in [3.8, 4) is 0 Å². The van der Waals surface area contributed by atoms with Crippen molar-refractivity contribution in [1.29, 1.82) is 0 Å². The van der Waals surface area contributed by atoms with Crippen LogP contribution in [0.3, 0.4) is 0 Å². The summed E-state index contributed by atoms with van der Waals surface area (Å²) < 4.78 is 27.0. The van der Waals surface area contributed by atoms with Gasteiger partial charge < -0.3 is 0 Å². The minimum Gasteiger partial charge on any atom is -0.264 e. The maximum absolute atomic E-state index is 11.0. The van der Waals surface area contributed by atoms with Gasteiger partial charge in [-0.05, 0) is 12.5 Å². The predicted molar refractivity (Wildman–Crippen MR) is 57.7 cm³/mol. The molecule has 0 saturated heterocycles. The van der Waals surface area contributed by atoms with E-state index in [1.807, 2.05) is 0 Å². The predicted octanol–water partition coefficient (Wildman–Crippen LogP) is 1.68. The van der Waals surface area contributed by atoms with Crippen molar-refractivity contribution in [3.05, 3.63) is 42.7 Å². The third-order valence-corrected chi connectivity index (χ3v) is 2.31. The van der Waals surface area contributed by atoms with Gasteiger partial charge >= 0.3 is 0 Å². The molecular formula is C10H13NO3S. The van der Waals surface area contributed by atoms with Gasteiger partial charge in [0, 0.05) is 18.0 Å². The lowest BCUT2D eigenvalue weighted by molar-refractivity contribution is 0.219. The Morgan fingerprint density at radius 3 is 2.87 bits per heavy atom. The normalized spacial score (nSPS) is 13.4. The summed E-state index contributed by atoms with van der Waals surface area (Å²) in [5.74, 6) is 0. The van der Waals surface area contributed by atoms with Crippen LogP contribution in [0.5, 0.6) is 0 Å². The summed E-state index contributed by atoms with van der Waals surface area (Å²) in [7, 11) is -3.47. The van der Waals surface area contributed by atoms with Crippen molar-refractivity contribution in [2.45, 2.75) is 12.5 Å². The van der Waals surface area contributed by atoms with Crippen molar-refractivity contribution >= 4 is 10.1 Å². The van der Waals surface area contributed by atoms with E-state index >= 15 is 0 Å². The zero-order valence-corrected chi connectivity index (χ0v) is 9.28. The molecule has 0 amide bonds. The first-order valence-electron chi connectivity index (χ1n) is 4.42. The van der Waals surface area contributed by atoms with Gasteiger partial charge in [0.05, 0.1) is 6.26 Å². The van der Waals surface area contributed by atoms with E-state index in [4.69, 9.17) is 4.18 Å². The van der Waals surface area contributed by atoms with E-state index in [1.165, 1.54) is 0 Å². The van der Waals surface area contributed by atoms with Crippen LogP contribution >= 0.6 is 0 Å². The van der Waals surface area contributed by atoms with E-state index in [9.17, 15) is 8.42 Å². The molecule has 0 unspecified atom stereocenters. The van der Waals surface area contributed by atoms with Crippen LogP contribution in [-0.2, 0) is 14.3 Å². The van der Waals surface area contributed by atoms with Gasteiger partial charge in [0.25, 0.3) is 10.1 Å². The van der Waals surface area contributed by atoms with Gasteiger partial charge in [-0.2, -0.15) is 8.42 Å². The van der Waals surface area contributed by atoms with Crippen molar-refractivity contribution < 1.29 is 12.6 Å². The fourth-order valence-corrected chi connectivity index (χ4v) is 1.77. The SMILES string of the molecule is C=CC[C@@H](OS(C)(=O)=O)c1cccnc1. The molecule has 1 aromatic rings. The maximum atomic E-state index is 11.0. The zero-order chi connectivity index (χ0) is 11.3. The number of rotatable bonds is 5. The fourth-order valence-electron chi connectivity index (χ4n) is 1.16. The lowest BCUT2D eigenvalue weighted by Crippen LogP contribution is -2.10. The highest BCUT2D eigenvalue weighted by Gasteiger charge is 2.16. The number of pyridine rings is 1. The van der Waals surface area contributed by atoms with E-state index in [-0.39, 0.29) is 0 Å². The molecule has 0 saturated carbocycles. The molecule has 5 heteroatoms. The van der Waals surface area contributed by atoms with Crippen molar-refractivity contribution in [2.24, 2.45) is 0 Å². The number of hydrogen-bond donors (Lipinski definition) is 0. The van der Waals surface area contributed by atoms with Crippen LogP contribution in [0.2, 0.25) is 0 Å². The molecule has 1 atom stereocenters. The first-order chi connectivity index (χ1) is 7.03. The van der Waals surface area contributed by atoms with Gasteiger partial charge in [0.15, 0.2) is 0 Å². The standard InChI is InChI=1S/C10H13NO3S/c1-3-5-10(14-15(2,12)13)9-6-4-7-11-8-9/h3-4,6-8,10H,1,5H2,2H3/t10-/m1/s1. The largest absolute Gasteiger partial charge is 0.264 e. The minimum atomic E-state index is -3.47. The number of nitrogens with zero attached hydrogens (tertiary/aromatic N) is 1. The zero-order valence-electron chi connectivity index (χ0n) is 8.46. The molecule has 15 heavy (non-hydrogen) atoms. The third-order valence-electron chi connectivity index (χ3n) is 1.73. The van der Waals surface area contributed by atoms with Crippen LogP contribution in [0.15, 0.2) is 37.2 Å². The molecule has 0 N–H and O–H groups in total. The summed E-state index contributed by atoms with van der Waals surface area (Å²) in [6, 6.07) is 3.50. The van der Waals surface area contributed by atoms with Gasteiger partial charge in [0.1, 0.15) is 6.10 Å². The molecule has 0 spiro atoms. The fraction of sp³-hybridized carbons (Fsp3) is 0.300. The molecule has 0 aliphatic heterocycles. The second kappa shape index (κ2) is 5.04. The molecule has 0 aromatic carbocycles. The van der Waals surface area contributed by atoms with Crippen LogP contribution < -0.4 is 0 Å². The van der Waals surface area contributed by atoms with Gasteiger partial charge in [-0.1, -0.05) is 12.1 Å². The van der Waals surface area contributed by atoms with E-state index < -0.39 is 16.2 Å². The highest BCUT2D eigenvalue weighted by Crippen LogP contribution is 2.22. The maximum Gasteiger partial charge on any atom is 0.264 e. The van der Waals surface area contributed by atoms with Gasteiger partial charge in [-0.15, -0.1) is 6.58 Å². The summed E-state index contributed by atoms with van der Waals surface area (Å²) in [6.07, 6.45) is 5.74. The van der Waals surface area contributed by atoms with Gasteiger partial charge in [0.2, 0.25) is 0 Å². The van der Waals surface area contributed by atoms with Crippen LogP contribution in [0.1, 0.15) is 18.1 Å². The molecule has 1 aromatic heterocycles. The average Bonchev–Trinajstić information content (AvgIpc) is 2.17. The minimum absolute atomic E-state index is 0.429. The van der Waals surface area contributed by atoms with E-state index in [0.29, 0.717) is 6.42 Å². The quantitative estimate of drug-likeness (QED) is 0.567. The second-order valence-corrected chi connectivity index (χ2v) is 4.70. The van der Waals surface area contributed by atoms with Gasteiger partial charge in [-0.3, -0.25) is 9.17 Å². The molecule has 0 aliphatic rings. The van der Waals surface area contributed by atoms with Crippen LogP contribution in [0.25, 0.3) is 0 Å². The Morgan fingerprint density at radius 2 is 2.40 bits per heavy atom. The van der Waals surface area contributed by atoms with E-state index in [2.05, 4.69) is 11.6 Å². The van der Waals surface area contributed by atoms with E-state index in [1.54, 1.807) is 30.6 Å². The first kappa shape index (κ1) is 11.9. The monoisotopic (exact) mass is 227 g/mol. The molecule has 4 nitrogen and oxygen atoms in total. The summed E-state index contributed by atoms with van der Waals surface area (Å²) in [5, 5.41) is 0. The molecule has 82 valence electrons. The van der Waals surface area contributed by atoms with Crippen LogP contribution in [-0.4, -0.2) is 19.7 Å². The summed E-state index contributed by atoms with van der Waals surface area (Å²) in [5.41, 5.74) is 0.725. The van der Waals surface area contributed by atoms with Gasteiger partial charge in [-0.25, -0.2) is 0 Å². The summed E-state index contributed by atoms with van der Waals surface area (Å²) in [6.45, 7) is 3.56. The Labute approximate surface area is 89.7 Å². The lowest BCUT2D eigenvalue weighted by Gasteiger charge is -2.13. The number of aromatic nitrogens is 1. The summed E-state index contributed by atoms with van der Waals surface area (Å²) in [4.78, 5) is 3.91. The Hall–Kier alpha value is -1.20. The molecule has 1 rings (SSSR count). The average molecular weight is 227 g/mol. The Morgan fingerprint density at radius 1 is 1.67 bits per heavy atom. The first-order valence-corrected chi connectivity index (χ1v) is 6.23. The lowest BCUT2D eigenvalue weighted by atomic mass is 10.1. The second-order valence-electron chi connectivity index (χ2n) is 3.10. The smallest absolute Gasteiger partial charge is 0.264 e. The van der Waals surface area contributed by atoms with E-state index in [0.717, 1.165) is 11.8 Å². The highest BCUT2D eigenvalue weighted by molar-refractivity contribution is 7.86. The van der Waals surface area contributed by atoms with Crippen molar-refractivity contribution in [1.82, 2.24) is 4.98 Å². The number of hydrogen-bond acceptors (Lipinski definition) is 4. The molecule has 0 aliphatic carbocycles. The van der Waals surface area contributed by atoms with Crippen molar-refractivity contribution in [3.63, 3.8) is 0 Å². The molecule has 0 radical (unpaired) electrons. The molecular weight excluding hydrogens is 214 g/mol. The van der Waals surface area contributed by atoms with Crippen LogP contribution in [0.4, 0.5) is 0 Å². The Balaban J connectivity index is 2.88. The van der Waals surface area contributed by atoms with Crippen molar-refractivity contribution in [2.75, 3.05) is 6.26 Å². The van der Waals surface area contributed by atoms with Crippen LogP contribution in [0, 0.1) is 0 Å². The third kappa shape index (κ3) is 4.22. The molecule has 0 bridgehead atoms. The molecule has 0 fully saturated rings. The Bertz CT molecular complexity index is 414. The molecule has 1 heterocycles.